The van der Waals surface area contributed by atoms with Gasteiger partial charge in [0.05, 0.1) is 5.69 Å². The number of nitrogens with zero attached hydrogens (tertiary/aromatic N) is 3. The molecule has 3 N–H and O–H groups in total. The van der Waals surface area contributed by atoms with Crippen molar-refractivity contribution in [2.45, 2.75) is 33.7 Å². The lowest BCUT2D eigenvalue weighted by molar-refractivity contribution is -0.120. The fourth-order valence-corrected chi connectivity index (χ4v) is 2.69. The van der Waals surface area contributed by atoms with Crippen molar-refractivity contribution >= 4 is 17.8 Å². The van der Waals surface area contributed by atoms with Crippen molar-refractivity contribution in [1.82, 2.24) is 15.3 Å². The van der Waals surface area contributed by atoms with Gasteiger partial charge in [-0.1, -0.05) is 26.0 Å². The minimum absolute atomic E-state index is 0.0935. The van der Waals surface area contributed by atoms with Gasteiger partial charge in [-0.25, -0.2) is 9.97 Å². The zero-order valence-corrected chi connectivity index (χ0v) is 16.7. The average Bonchev–Trinajstić information content (AvgIpc) is 2.60. The molecule has 0 spiro atoms. The normalized spacial score (nSPS) is 12.0. The van der Waals surface area contributed by atoms with Crippen molar-refractivity contribution in [1.29, 1.82) is 0 Å². The van der Waals surface area contributed by atoms with Crippen molar-refractivity contribution in [3.8, 4) is 11.3 Å². The summed E-state index contributed by atoms with van der Waals surface area (Å²) in [5.41, 5.74) is 9.26. The first-order valence-corrected chi connectivity index (χ1v) is 8.85. The van der Waals surface area contributed by atoms with Gasteiger partial charge in [0.2, 0.25) is 11.9 Å². The molecule has 7 nitrogen and oxygen atoms in total. The van der Waals surface area contributed by atoms with E-state index in [1.165, 1.54) is 0 Å². The number of hydrogen-bond donors (Lipinski definition) is 2. The van der Waals surface area contributed by atoms with Gasteiger partial charge in [0, 0.05) is 30.9 Å². The average molecular weight is 369 g/mol. The molecule has 0 aliphatic rings. The van der Waals surface area contributed by atoms with Crippen molar-refractivity contribution in [2.24, 2.45) is 11.7 Å². The van der Waals surface area contributed by atoms with E-state index >= 15 is 0 Å². The second kappa shape index (κ2) is 8.16. The highest BCUT2D eigenvalue weighted by Crippen LogP contribution is 2.25. The van der Waals surface area contributed by atoms with Crippen molar-refractivity contribution < 1.29 is 9.59 Å². The minimum Gasteiger partial charge on any atom is -0.368 e. The Morgan fingerprint density at radius 1 is 1.15 bits per heavy atom. The minimum atomic E-state index is -0.718. The summed E-state index contributed by atoms with van der Waals surface area (Å²) in [7, 11) is 3.77. The van der Waals surface area contributed by atoms with Crippen LogP contribution in [0.4, 0.5) is 5.95 Å². The molecule has 0 saturated heterocycles. The van der Waals surface area contributed by atoms with Crippen LogP contribution in [0.2, 0.25) is 0 Å². The van der Waals surface area contributed by atoms with E-state index in [1.807, 2.05) is 52.8 Å². The molecule has 1 aromatic heterocycles. The van der Waals surface area contributed by atoms with Crippen LogP contribution in [0.15, 0.2) is 24.3 Å². The summed E-state index contributed by atoms with van der Waals surface area (Å²) in [6.07, 6.45) is 0. The Balaban J connectivity index is 2.41. The highest BCUT2D eigenvalue weighted by atomic mass is 16.2. The number of carbonyl (C=O) groups is 2. The highest BCUT2D eigenvalue weighted by Gasteiger charge is 2.22. The fraction of sp³-hybridized carbons (Fsp3) is 0.400. The summed E-state index contributed by atoms with van der Waals surface area (Å²) in [6, 6.07) is 6.45. The lowest BCUT2D eigenvalue weighted by Crippen LogP contribution is -2.47. The standard InChI is InChI=1S/C20H27N5O2/c1-11(2)16(18(21)26)23-19(27)15-9-7-8-14(10-15)17-12(3)13(4)22-20(24-17)25(5)6/h7-11,16H,1-6H3,(H2,21,26)(H,23,27)/t16-/m0/s1. The Labute approximate surface area is 160 Å². The fourth-order valence-electron chi connectivity index (χ4n) is 2.69. The van der Waals surface area contributed by atoms with E-state index in [0.29, 0.717) is 11.5 Å². The molecule has 2 rings (SSSR count). The summed E-state index contributed by atoms with van der Waals surface area (Å²) in [6.45, 7) is 7.56. The summed E-state index contributed by atoms with van der Waals surface area (Å²) in [4.78, 5) is 35.1. The Bertz CT molecular complexity index is 861. The van der Waals surface area contributed by atoms with Crippen LogP contribution in [-0.4, -0.2) is 41.9 Å². The summed E-state index contributed by atoms with van der Waals surface area (Å²) < 4.78 is 0. The zero-order valence-electron chi connectivity index (χ0n) is 16.7. The number of rotatable bonds is 6. The molecule has 0 radical (unpaired) electrons. The molecular weight excluding hydrogens is 342 g/mol. The second-order valence-corrected chi connectivity index (χ2v) is 7.16. The van der Waals surface area contributed by atoms with Gasteiger partial charge in [-0.05, 0) is 37.5 Å². The van der Waals surface area contributed by atoms with E-state index in [1.54, 1.807) is 18.2 Å². The lowest BCUT2D eigenvalue weighted by Gasteiger charge is -2.19. The number of benzene rings is 1. The molecule has 0 bridgehead atoms. The van der Waals surface area contributed by atoms with E-state index in [4.69, 9.17) is 5.73 Å². The van der Waals surface area contributed by atoms with Crippen LogP contribution in [0, 0.1) is 19.8 Å². The van der Waals surface area contributed by atoms with Crippen molar-refractivity contribution in [3.05, 3.63) is 41.1 Å². The van der Waals surface area contributed by atoms with E-state index in [0.717, 1.165) is 22.5 Å². The van der Waals surface area contributed by atoms with Crippen LogP contribution < -0.4 is 16.0 Å². The van der Waals surface area contributed by atoms with Crippen LogP contribution in [-0.2, 0) is 4.79 Å². The molecule has 0 saturated carbocycles. The number of anilines is 1. The van der Waals surface area contributed by atoms with Crippen LogP contribution in [0.1, 0.15) is 35.5 Å². The van der Waals surface area contributed by atoms with Crippen molar-refractivity contribution in [2.75, 3.05) is 19.0 Å². The molecule has 0 fully saturated rings. The molecule has 7 heteroatoms. The van der Waals surface area contributed by atoms with E-state index < -0.39 is 11.9 Å². The first-order valence-electron chi connectivity index (χ1n) is 8.85. The smallest absolute Gasteiger partial charge is 0.251 e. The maximum absolute atomic E-state index is 12.6. The Morgan fingerprint density at radius 2 is 1.81 bits per heavy atom. The van der Waals surface area contributed by atoms with Crippen LogP contribution in [0.25, 0.3) is 11.3 Å². The van der Waals surface area contributed by atoms with E-state index in [-0.39, 0.29) is 11.8 Å². The number of hydrogen-bond acceptors (Lipinski definition) is 5. The summed E-state index contributed by atoms with van der Waals surface area (Å²) in [5, 5.41) is 2.71. The molecule has 2 aromatic rings. The molecule has 1 aromatic carbocycles. The van der Waals surface area contributed by atoms with Crippen LogP contribution in [0.5, 0.6) is 0 Å². The molecule has 0 unspecified atom stereocenters. The van der Waals surface area contributed by atoms with E-state index in [2.05, 4.69) is 15.3 Å². The lowest BCUT2D eigenvalue weighted by atomic mass is 10.0. The first-order chi connectivity index (χ1) is 12.6. The monoisotopic (exact) mass is 369 g/mol. The van der Waals surface area contributed by atoms with Gasteiger partial charge in [-0.15, -0.1) is 0 Å². The maximum atomic E-state index is 12.6. The zero-order chi connectivity index (χ0) is 20.3. The Morgan fingerprint density at radius 3 is 2.37 bits per heavy atom. The number of aromatic nitrogens is 2. The van der Waals surface area contributed by atoms with Gasteiger partial charge in [0.1, 0.15) is 6.04 Å². The molecule has 144 valence electrons. The molecule has 1 heterocycles. The van der Waals surface area contributed by atoms with Crippen LogP contribution in [0.3, 0.4) is 0 Å². The predicted octanol–water partition coefficient (Wildman–Crippen LogP) is 2.07. The second-order valence-electron chi connectivity index (χ2n) is 7.16. The molecule has 0 aliphatic carbocycles. The topological polar surface area (TPSA) is 101 Å². The summed E-state index contributed by atoms with van der Waals surface area (Å²) in [5.74, 6) is -0.376. The molecular formula is C20H27N5O2. The van der Waals surface area contributed by atoms with E-state index in [9.17, 15) is 9.59 Å². The summed E-state index contributed by atoms with van der Waals surface area (Å²) >= 11 is 0. The predicted molar refractivity (Wildman–Crippen MR) is 107 cm³/mol. The van der Waals surface area contributed by atoms with Gasteiger partial charge >= 0.3 is 0 Å². The van der Waals surface area contributed by atoms with Gasteiger partial charge in [-0.3, -0.25) is 9.59 Å². The SMILES string of the molecule is Cc1nc(N(C)C)nc(-c2cccc(C(=O)N[C@H](C(N)=O)C(C)C)c2)c1C. The quantitative estimate of drug-likeness (QED) is 0.812. The van der Waals surface area contributed by atoms with Gasteiger partial charge in [-0.2, -0.15) is 0 Å². The Hall–Kier alpha value is -2.96. The molecule has 1 atom stereocenters. The third kappa shape index (κ3) is 4.61. The number of aryl methyl sites for hydroxylation is 1. The molecule has 0 aliphatic heterocycles. The molecule has 2 amide bonds. The first kappa shape index (κ1) is 20.4. The molecule has 27 heavy (non-hydrogen) atoms. The van der Waals surface area contributed by atoms with Gasteiger partial charge in [0.15, 0.2) is 0 Å². The third-order valence-corrected chi connectivity index (χ3v) is 4.44. The number of primary amides is 1. The highest BCUT2D eigenvalue weighted by molar-refractivity contribution is 5.98. The largest absolute Gasteiger partial charge is 0.368 e. The number of nitrogens with one attached hydrogen (secondary N) is 1. The van der Waals surface area contributed by atoms with Crippen LogP contribution >= 0.6 is 0 Å². The number of amides is 2. The Kier molecular flexibility index (Phi) is 6.15. The van der Waals surface area contributed by atoms with Gasteiger partial charge in [0.25, 0.3) is 5.91 Å². The maximum Gasteiger partial charge on any atom is 0.251 e. The number of nitrogens with two attached hydrogens (primary N) is 1. The van der Waals surface area contributed by atoms with Gasteiger partial charge < -0.3 is 16.0 Å². The number of carbonyl (C=O) groups excluding carboxylic acids is 2. The third-order valence-electron chi connectivity index (χ3n) is 4.44. The van der Waals surface area contributed by atoms with Crippen molar-refractivity contribution in [3.63, 3.8) is 0 Å².